The van der Waals surface area contributed by atoms with Crippen molar-refractivity contribution < 1.29 is 14.6 Å². The average molecular weight is 306 g/mol. The smallest absolute Gasteiger partial charge is 0.342 e. The number of benzene rings is 1. The van der Waals surface area contributed by atoms with Crippen molar-refractivity contribution in [1.82, 2.24) is 0 Å². The van der Waals surface area contributed by atoms with Gasteiger partial charge in [-0.1, -0.05) is 0 Å². The standard InChI is InChI=1S/C10H11IO3/c1-6(2)14-10(13)8-5-7(11)3-4-9(8)12/h3-6,12H,1-2H3. The number of rotatable bonds is 2. The fraction of sp³-hybridized carbons (Fsp3) is 0.300. The highest BCUT2D eigenvalue weighted by molar-refractivity contribution is 14.1. The number of hydrogen-bond donors (Lipinski definition) is 1. The molecule has 0 saturated heterocycles. The SMILES string of the molecule is CC(C)OC(=O)c1cc(I)ccc1O. The van der Waals surface area contributed by atoms with Gasteiger partial charge in [0, 0.05) is 3.57 Å². The Labute approximate surface area is 96.2 Å². The van der Waals surface area contributed by atoms with Crippen molar-refractivity contribution in [2.24, 2.45) is 0 Å². The minimum Gasteiger partial charge on any atom is -0.507 e. The van der Waals surface area contributed by atoms with Crippen molar-refractivity contribution >= 4 is 28.6 Å². The summed E-state index contributed by atoms with van der Waals surface area (Å²) in [4.78, 5) is 11.4. The van der Waals surface area contributed by atoms with Crippen LogP contribution in [0.4, 0.5) is 0 Å². The Morgan fingerprint density at radius 3 is 2.71 bits per heavy atom. The fourth-order valence-electron chi connectivity index (χ4n) is 0.949. The van der Waals surface area contributed by atoms with Crippen LogP contribution in [0, 0.1) is 3.57 Å². The zero-order chi connectivity index (χ0) is 10.7. The summed E-state index contributed by atoms with van der Waals surface area (Å²) in [6, 6.07) is 4.81. The Morgan fingerprint density at radius 2 is 2.14 bits per heavy atom. The lowest BCUT2D eigenvalue weighted by Crippen LogP contribution is -2.11. The number of ether oxygens (including phenoxy) is 1. The van der Waals surface area contributed by atoms with Gasteiger partial charge in [0.2, 0.25) is 0 Å². The van der Waals surface area contributed by atoms with Crippen LogP contribution in [0.3, 0.4) is 0 Å². The number of halogens is 1. The molecule has 0 unspecified atom stereocenters. The number of carbonyl (C=O) groups is 1. The second kappa shape index (κ2) is 4.63. The number of phenols is 1. The first-order chi connectivity index (χ1) is 6.50. The van der Waals surface area contributed by atoms with Gasteiger partial charge in [0.1, 0.15) is 11.3 Å². The van der Waals surface area contributed by atoms with E-state index in [1.165, 1.54) is 6.07 Å². The first-order valence-electron chi connectivity index (χ1n) is 4.20. The van der Waals surface area contributed by atoms with Crippen molar-refractivity contribution in [3.63, 3.8) is 0 Å². The molecule has 0 atom stereocenters. The number of aromatic hydroxyl groups is 1. The van der Waals surface area contributed by atoms with Crippen LogP contribution in [-0.2, 0) is 4.74 Å². The highest BCUT2D eigenvalue weighted by Crippen LogP contribution is 2.20. The molecule has 0 aromatic heterocycles. The molecule has 14 heavy (non-hydrogen) atoms. The Hall–Kier alpha value is -0.780. The number of hydrogen-bond acceptors (Lipinski definition) is 3. The molecule has 0 aliphatic rings. The molecule has 76 valence electrons. The van der Waals surface area contributed by atoms with Crippen molar-refractivity contribution in [2.45, 2.75) is 20.0 Å². The maximum Gasteiger partial charge on any atom is 0.342 e. The Morgan fingerprint density at radius 1 is 1.50 bits per heavy atom. The highest BCUT2D eigenvalue weighted by Gasteiger charge is 2.13. The van der Waals surface area contributed by atoms with Gasteiger partial charge >= 0.3 is 5.97 Å². The summed E-state index contributed by atoms with van der Waals surface area (Å²) < 4.78 is 5.86. The lowest BCUT2D eigenvalue weighted by atomic mass is 10.2. The molecule has 0 aliphatic heterocycles. The summed E-state index contributed by atoms with van der Waals surface area (Å²) in [6.07, 6.45) is -0.181. The van der Waals surface area contributed by atoms with Gasteiger partial charge in [0.25, 0.3) is 0 Å². The minimum absolute atomic E-state index is 0.0453. The molecule has 0 fully saturated rings. The van der Waals surface area contributed by atoms with E-state index in [1.54, 1.807) is 26.0 Å². The maximum absolute atomic E-state index is 11.4. The zero-order valence-electron chi connectivity index (χ0n) is 7.95. The minimum atomic E-state index is -0.490. The first kappa shape index (κ1) is 11.3. The van der Waals surface area contributed by atoms with E-state index in [2.05, 4.69) is 22.6 Å². The third-order valence-electron chi connectivity index (χ3n) is 1.52. The zero-order valence-corrected chi connectivity index (χ0v) is 10.1. The molecule has 1 N–H and O–H groups in total. The van der Waals surface area contributed by atoms with E-state index in [-0.39, 0.29) is 17.4 Å². The maximum atomic E-state index is 11.4. The molecule has 0 saturated carbocycles. The largest absolute Gasteiger partial charge is 0.507 e. The lowest BCUT2D eigenvalue weighted by Gasteiger charge is -2.09. The van der Waals surface area contributed by atoms with E-state index < -0.39 is 5.97 Å². The van der Waals surface area contributed by atoms with Gasteiger partial charge < -0.3 is 9.84 Å². The summed E-state index contributed by atoms with van der Waals surface area (Å²) >= 11 is 2.07. The summed E-state index contributed by atoms with van der Waals surface area (Å²) in [5.74, 6) is -0.535. The Kier molecular flexibility index (Phi) is 3.74. The molecule has 1 rings (SSSR count). The Bertz CT molecular complexity index is 347. The highest BCUT2D eigenvalue weighted by atomic mass is 127. The van der Waals surface area contributed by atoms with E-state index in [1.807, 2.05) is 0 Å². The van der Waals surface area contributed by atoms with Crippen LogP contribution in [0.25, 0.3) is 0 Å². The van der Waals surface area contributed by atoms with Gasteiger partial charge in [-0.15, -0.1) is 0 Å². The number of carbonyl (C=O) groups excluding carboxylic acids is 1. The normalized spacial score (nSPS) is 10.3. The molecule has 0 bridgehead atoms. The molecule has 4 heteroatoms. The van der Waals surface area contributed by atoms with Crippen molar-refractivity contribution in [3.05, 3.63) is 27.3 Å². The average Bonchev–Trinajstić information content (AvgIpc) is 2.08. The lowest BCUT2D eigenvalue weighted by molar-refractivity contribution is 0.0374. The molecular weight excluding hydrogens is 295 g/mol. The van der Waals surface area contributed by atoms with Gasteiger partial charge in [-0.3, -0.25) is 0 Å². The third-order valence-corrected chi connectivity index (χ3v) is 2.19. The van der Waals surface area contributed by atoms with Crippen LogP contribution in [0.15, 0.2) is 18.2 Å². The topological polar surface area (TPSA) is 46.5 Å². The van der Waals surface area contributed by atoms with Gasteiger partial charge in [-0.25, -0.2) is 4.79 Å². The molecule has 0 amide bonds. The van der Waals surface area contributed by atoms with Gasteiger partial charge in [0.15, 0.2) is 0 Å². The fourth-order valence-corrected chi connectivity index (χ4v) is 1.44. The van der Waals surface area contributed by atoms with Crippen LogP contribution in [0.1, 0.15) is 24.2 Å². The second-order valence-corrected chi connectivity index (χ2v) is 4.36. The predicted molar refractivity (Wildman–Crippen MR) is 61.4 cm³/mol. The van der Waals surface area contributed by atoms with Crippen molar-refractivity contribution in [2.75, 3.05) is 0 Å². The van der Waals surface area contributed by atoms with E-state index in [0.29, 0.717) is 0 Å². The predicted octanol–water partition coefficient (Wildman–Crippen LogP) is 2.56. The van der Waals surface area contributed by atoms with Crippen molar-refractivity contribution in [1.29, 1.82) is 0 Å². The molecule has 0 spiro atoms. The Balaban J connectivity index is 2.94. The van der Waals surface area contributed by atoms with E-state index in [9.17, 15) is 9.90 Å². The summed E-state index contributed by atoms with van der Waals surface area (Å²) in [5, 5.41) is 9.41. The van der Waals surface area contributed by atoms with E-state index in [4.69, 9.17) is 4.74 Å². The molecule has 1 aromatic rings. The molecular formula is C10H11IO3. The van der Waals surface area contributed by atoms with Crippen LogP contribution < -0.4 is 0 Å². The van der Waals surface area contributed by atoms with Crippen LogP contribution >= 0.6 is 22.6 Å². The second-order valence-electron chi connectivity index (χ2n) is 3.12. The summed E-state index contributed by atoms with van der Waals surface area (Å²) in [6.45, 7) is 3.53. The van der Waals surface area contributed by atoms with E-state index in [0.717, 1.165) is 3.57 Å². The molecule has 3 nitrogen and oxygen atoms in total. The van der Waals surface area contributed by atoms with Gasteiger partial charge in [0.05, 0.1) is 6.10 Å². The molecule has 0 radical (unpaired) electrons. The third kappa shape index (κ3) is 2.87. The van der Waals surface area contributed by atoms with Crippen LogP contribution in [0.2, 0.25) is 0 Å². The van der Waals surface area contributed by atoms with Gasteiger partial charge in [-0.2, -0.15) is 0 Å². The number of esters is 1. The monoisotopic (exact) mass is 306 g/mol. The molecule has 1 aromatic carbocycles. The molecule has 0 aliphatic carbocycles. The van der Waals surface area contributed by atoms with Gasteiger partial charge in [-0.05, 0) is 54.6 Å². The first-order valence-corrected chi connectivity index (χ1v) is 5.28. The van der Waals surface area contributed by atoms with Crippen LogP contribution in [0.5, 0.6) is 5.75 Å². The summed E-state index contributed by atoms with van der Waals surface area (Å²) in [7, 11) is 0. The number of phenolic OH excluding ortho intramolecular Hbond substituents is 1. The van der Waals surface area contributed by atoms with Crippen molar-refractivity contribution in [3.8, 4) is 5.75 Å². The van der Waals surface area contributed by atoms with E-state index >= 15 is 0 Å². The molecule has 0 heterocycles. The summed E-state index contributed by atoms with van der Waals surface area (Å²) in [5.41, 5.74) is 0.214. The van der Waals surface area contributed by atoms with Crippen LogP contribution in [-0.4, -0.2) is 17.2 Å². The quantitative estimate of drug-likeness (QED) is 0.675.